The summed E-state index contributed by atoms with van der Waals surface area (Å²) in [5, 5.41) is 3.04. The number of ether oxygens (including phenoxy) is 3. The van der Waals surface area contributed by atoms with Crippen LogP contribution in [0, 0.1) is 11.8 Å². The van der Waals surface area contributed by atoms with Crippen molar-refractivity contribution in [3.05, 3.63) is 23.8 Å². The predicted octanol–water partition coefficient (Wildman–Crippen LogP) is 2.90. The van der Waals surface area contributed by atoms with E-state index in [2.05, 4.69) is 19.2 Å². The van der Waals surface area contributed by atoms with Gasteiger partial charge in [-0.3, -0.25) is 4.79 Å². The van der Waals surface area contributed by atoms with E-state index in [0.717, 1.165) is 12.8 Å². The lowest BCUT2D eigenvalue weighted by atomic mass is 9.78. The first-order chi connectivity index (χ1) is 12.0. The highest BCUT2D eigenvalue weighted by molar-refractivity contribution is 5.93. The van der Waals surface area contributed by atoms with Gasteiger partial charge in [-0.2, -0.15) is 0 Å². The summed E-state index contributed by atoms with van der Waals surface area (Å²) in [5.41, 5.74) is 0.337. The van der Waals surface area contributed by atoms with Gasteiger partial charge in [0.1, 0.15) is 0 Å². The molecule has 1 aromatic rings. The van der Waals surface area contributed by atoms with Crippen molar-refractivity contribution in [2.45, 2.75) is 52.2 Å². The van der Waals surface area contributed by atoms with Crippen LogP contribution in [0.15, 0.2) is 18.2 Å². The van der Waals surface area contributed by atoms with E-state index in [-0.39, 0.29) is 18.7 Å². The van der Waals surface area contributed by atoms with Gasteiger partial charge in [-0.25, -0.2) is 4.79 Å². The Kier molecular flexibility index (Phi) is 5.16. The zero-order valence-corrected chi connectivity index (χ0v) is 14.9. The van der Waals surface area contributed by atoms with Crippen molar-refractivity contribution in [2.75, 3.05) is 6.79 Å². The summed E-state index contributed by atoms with van der Waals surface area (Å²) in [6.45, 7) is 6.12. The van der Waals surface area contributed by atoms with Crippen LogP contribution in [0.2, 0.25) is 0 Å². The molecule has 4 atom stereocenters. The van der Waals surface area contributed by atoms with E-state index in [1.807, 2.05) is 0 Å². The van der Waals surface area contributed by atoms with Crippen LogP contribution in [0.3, 0.4) is 0 Å². The number of rotatable bonds is 4. The molecule has 1 heterocycles. The Morgan fingerprint density at radius 2 is 1.96 bits per heavy atom. The summed E-state index contributed by atoms with van der Waals surface area (Å²) >= 11 is 0. The van der Waals surface area contributed by atoms with E-state index in [9.17, 15) is 9.59 Å². The van der Waals surface area contributed by atoms with Crippen molar-refractivity contribution >= 4 is 11.9 Å². The van der Waals surface area contributed by atoms with E-state index in [1.54, 1.807) is 25.1 Å². The Morgan fingerprint density at radius 3 is 2.76 bits per heavy atom. The minimum Gasteiger partial charge on any atom is -0.454 e. The lowest BCUT2D eigenvalue weighted by Gasteiger charge is -2.35. The molecule has 0 saturated heterocycles. The van der Waals surface area contributed by atoms with Crippen molar-refractivity contribution < 1.29 is 23.8 Å². The fraction of sp³-hybridized carbons (Fsp3) is 0.579. The van der Waals surface area contributed by atoms with Crippen LogP contribution in [-0.2, 0) is 9.53 Å². The Labute approximate surface area is 147 Å². The van der Waals surface area contributed by atoms with E-state index >= 15 is 0 Å². The summed E-state index contributed by atoms with van der Waals surface area (Å²) in [4.78, 5) is 24.7. The maximum absolute atomic E-state index is 12.4. The van der Waals surface area contributed by atoms with Gasteiger partial charge in [0, 0.05) is 6.04 Å². The smallest absolute Gasteiger partial charge is 0.339 e. The number of benzene rings is 1. The van der Waals surface area contributed by atoms with E-state index in [1.165, 1.54) is 6.42 Å². The van der Waals surface area contributed by atoms with Gasteiger partial charge in [0.25, 0.3) is 5.91 Å². The molecular weight excluding hydrogens is 322 g/mol. The number of esters is 1. The molecule has 1 fully saturated rings. The third-order valence-electron chi connectivity index (χ3n) is 5.30. The maximum atomic E-state index is 12.4. The zero-order valence-electron chi connectivity index (χ0n) is 14.9. The molecule has 1 aliphatic carbocycles. The van der Waals surface area contributed by atoms with Crippen LogP contribution in [0.1, 0.15) is 50.4 Å². The number of carbonyl (C=O) groups is 2. The van der Waals surface area contributed by atoms with Gasteiger partial charge in [-0.15, -0.1) is 0 Å². The molecule has 0 bridgehead atoms. The summed E-state index contributed by atoms with van der Waals surface area (Å²) < 4.78 is 15.8. The molecule has 3 rings (SSSR count). The minimum absolute atomic E-state index is 0.142. The molecule has 0 unspecified atom stereocenters. The normalized spacial score (nSPS) is 26.0. The lowest BCUT2D eigenvalue weighted by Crippen LogP contribution is -2.47. The largest absolute Gasteiger partial charge is 0.454 e. The second-order valence-corrected chi connectivity index (χ2v) is 7.00. The maximum Gasteiger partial charge on any atom is 0.339 e. The molecule has 1 amide bonds. The first-order valence-electron chi connectivity index (χ1n) is 8.86. The summed E-state index contributed by atoms with van der Waals surface area (Å²) in [6.07, 6.45) is 2.44. The van der Waals surface area contributed by atoms with Gasteiger partial charge < -0.3 is 19.5 Å². The summed E-state index contributed by atoms with van der Waals surface area (Å²) in [5.74, 6) is 1.32. The molecule has 0 spiro atoms. The molecule has 1 N–H and O–H groups in total. The molecular formula is C19H25NO5. The molecule has 0 radical (unpaired) electrons. The summed E-state index contributed by atoms with van der Waals surface area (Å²) in [6, 6.07) is 4.98. The molecule has 1 saturated carbocycles. The lowest BCUT2D eigenvalue weighted by molar-refractivity contribution is -0.130. The van der Waals surface area contributed by atoms with Gasteiger partial charge in [0.05, 0.1) is 5.56 Å². The standard InChI is InChI=1S/C19H25NO5/c1-11-5-4-6-15(12(11)2)20-18(21)13(3)25-19(22)14-7-8-16-17(9-14)24-10-23-16/h7-9,11-13,15H,4-6,10H2,1-3H3,(H,20,21)/t11-,12-,13+,15-/m1/s1. The van der Waals surface area contributed by atoms with Gasteiger partial charge in [0.2, 0.25) is 6.79 Å². The number of fused-ring (bicyclic) bond motifs is 1. The van der Waals surface area contributed by atoms with Crippen molar-refractivity contribution in [1.29, 1.82) is 0 Å². The number of hydrogen-bond donors (Lipinski definition) is 1. The highest BCUT2D eigenvalue weighted by atomic mass is 16.7. The van der Waals surface area contributed by atoms with Gasteiger partial charge in [0.15, 0.2) is 17.6 Å². The van der Waals surface area contributed by atoms with Crippen LogP contribution >= 0.6 is 0 Å². The Hall–Kier alpha value is -2.24. The molecule has 25 heavy (non-hydrogen) atoms. The molecule has 0 aromatic heterocycles. The van der Waals surface area contributed by atoms with Crippen LogP contribution in [0.4, 0.5) is 0 Å². The molecule has 6 nitrogen and oxygen atoms in total. The fourth-order valence-electron chi connectivity index (χ4n) is 3.39. The number of nitrogens with one attached hydrogen (secondary N) is 1. The third-order valence-corrected chi connectivity index (χ3v) is 5.30. The van der Waals surface area contributed by atoms with Crippen molar-refractivity contribution in [2.24, 2.45) is 11.8 Å². The van der Waals surface area contributed by atoms with Gasteiger partial charge in [-0.1, -0.05) is 26.7 Å². The van der Waals surface area contributed by atoms with Gasteiger partial charge in [-0.05, 0) is 43.4 Å². The highest BCUT2D eigenvalue weighted by Crippen LogP contribution is 2.33. The molecule has 2 aliphatic rings. The van der Waals surface area contributed by atoms with E-state index < -0.39 is 12.1 Å². The average molecular weight is 347 g/mol. The molecule has 6 heteroatoms. The van der Waals surface area contributed by atoms with Crippen LogP contribution < -0.4 is 14.8 Å². The monoisotopic (exact) mass is 347 g/mol. The Morgan fingerprint density at radius 1 is 1.20 bits per heavy atom. The molecule has 1 aromatic carbocycles. The molecule has 1 aliphatic heterocycles. The quantitative estimate of drug-likeness (QED) is 0.848. The second kappa shape index (κ2) is 7.33. The van der Waals surface area contributed by atoms with Gasteiger partial charge >= 0.3 is 5.97 Å². The predicted molar refractivity (Wildman–Crippen MR) is 91.6 cm³/mol. The van der Waals surface area contributed by atoms with Crippen LogP contribution in [0.25, 0.3) is 0 Å². The third kappa shape index (κ3) is 3.89. The van der Waals surface area contributed by atoms with E-state index in [4.69, 9.17) is 14.2 Å². The minimum atomic E-state index is -0.845. The van der Waals surface area contributed by atoms with Crippen LogP contribution in [0.5, 0.6) is 11.5 Å². The first-order valence-corrected chi connectivity index (χ1v) is 8.86. The average Bonchev–Trinajstić information content (AvgIpc) is 3.06. The first kappa shape index (κ1) is 17.6. The number of carbonyl (C=O) groups excluding carboxylic acids is 2. The van der Waals surface area contributed by atoms with Crippen molar-refractivity contribution in [1.82, 2.24) is 5.32 Å². The number of hydrogen-bond acceptors (Lipinski definition) is 5. The SMILES string of the molecule is C[C@@H]1[C@H](C)CCC[C@H]1NC(=O)[C@H](C)OC(=O)c1ccc2c(c1)OCO2. The topological polar surface area (TPSA) is 73.9 Å². The Balaban J connectivity index is 1.56. The van der Waals surface area contributed by atoms with Crippen molar-refractivity contribution in [3.8, 4) is 11.5 Å². The van der Waals surface area contributed by atoms with Crippen molar-refractivity contribution in [3.63, 3.8) is 0 Å². The van der Waals surface area contributed by atoms with E-state index in [0.29, 0.717) is 28.9 Å². The molecule has 136 valence electrons. The van der Waals surface area contributed by atoms with Crippen LogP contribution in [-0.4, -0.2) is 30.8 Å². The highest BCUT2D eigenvalue weighted by Gasteiger charge is 2.30. The number of amides is 1. The summed E-state index contributed by atoms with van der Waals surface area (Å²) in [7, 11) is 0. The Bertz CT molecular complexity index is 659. The second-order valence-electron chi connectivity index (χ2n) is 7.00. The fourth-order valence-corrected chi connectivity index (χ4v) is 3.39. The zero-order chi connectivity index (χ0) is 18.0.